The Hall–Kier alpha value is -4.18. The molecule has 1 unspecified atom stereocenters. The van der Waals surface area contributed by atoms with E-state index in [0.717, 1.165) is 57.1 Å². The summed E-state index contributed by atoms with van der Waals surface area (Å²) in [6.07, 6.45) is 7.16. The number of hydrogen-bond donors (Lipinski definition) is 2. The lowest BCUT2D eigenvalue weighted by atomic mass is 9.86. The normalized spacial score (nSPS) is 19.2. The van der Waals surface area contributed by atoms with Crippen LogP contribution in [0.4, 0.5) is 21.6 Å². The number of nitrogen functional groups attached to an aromatic ring is 2. The Morgan fingerprint density at radius 3 is 2.67 bits per heavy atom. The van der Waals surface area contributed by atoms with Gasteiger partial charge in [-0.05, 0) is 75.2 Å². The lowest BCUT2D eigenvalue weighted by Crippen LogP contribution is -2.31. The Morgan fingerprint density at radius 2 is 1.85 bits per heavy atom. The molecule has 2 aliphatic heterocycles. The number of rotatable bonds is 7. The van der Waals surface area contributed by atoms with Gasteiger partial charge in [0.2, 0.25) is 0 Å². The molecule has 0 amide bonds. The van der Waals surface area contributed by atoms with Crippen LogP contribution in [0.1, 0.15) is 38.3 Å². The van der Waals surface area contributed by atoms with Crippen molar-refractivity contribution >= 4 is 17.2 Å². The van der Waals surface area contributed by atoms with E-state index in [2.05, 4.69) is 30.9 Å². The zero-order chi connectivity index (χ0) is 27.9. The number of halogens is 1. The fourth-order valence-corrected chi connectivity index (χ4v) is 6.06. The molecule has 4 N–H and O–H groups in total. The number of nitrogens with two attached hydrogens (primary N) is 2. The van der Waals surface area contributed by atoms with E-state index < -0.39 is 0 Å². The molecule has 2 aromatic heterocycles. The van der Waals surface area contributed by atoms with Crippen molar-refractivity contribution in [3.63, 3.8) is 0 Å². The zero-order valence-corrected chi connectivity index (χ0v) is 22.9. The van der Waals surface area contributed by atoms with E-state index in [9.17, 15) is 4.39 Å². The summed E-state index contributed by atoms with van der Waals surface area (Å²) in [4.78, 5) is 13.7. The topological polar surface area (TPSA) is 111 Å². The summed E-state index contributed by atoms with van der Waals surface area (Å²) in [7, 11) is 0. The van der Waals surface area contributed by atoms with Gasteiger partial charge in [-0.1, -0.05) is 6.07 Å². The number of ether oxygens (including phenoxy) is 1. The molecule has 0 aliphatic carbocycles. The third-order valence-corrected chi connectivity index (χ3v) is 8.07. The fourth-order valence-electron chi connectivity index (χ4n) is 6.06. The number of nitrogens with zero attached hydrogens (tertiary/aromatic N) is 6. The highest BCUT2D eigenvalue weighted by molar-refractivity contribution is 5.69. The molecule has 0 radical (unpaired) electrons. The largest absolute Gasteiger partial charge is 0.451 e. The van der Waals surface area contributed by atoms with Crippen LogP contribution in [0.5, 0.6) is 11.5 Å². The first-order valence-electron chi connectivity index (χ1n) is 13.7. The number of likely N-dealkylation sites (tertiary alicyclic amines) is 1. The molecule has 6 rings (SSSR count). The van der Waals surface area contributed by atoms with E-state index in [1.54, 1.807) is 24.8 Å². The average Bonchev–Trinajstić information content (AvgIpc) is 3.68. The van der Waals surface area contributed by atoms with E-state index in [0.29, 0.717) is 28.4 Å². The molecule has 1 atom stereocenters. The average molecular weight is 543 g/mol. The Kier molecular flexibility index (Phi) is 6.79. The molecule has 208 valence electrons. The Bertz CT molecular complexity index is 1520. The van der Waals surface area contributed by atoms with E-state index in [-0.39, 0.29) is 17.3 Å². The van der Waals surface area contributed by atoms with Crippen LogP contribution < -0.4 is 21.1 Å². The van der Waals surface area contributed by atoms with Gasteiger partial charge >= 0.3 is 0 Å². The number of anilines is 3. The highest BCUT2D eigenvalue weighted by Gasteiger charge is 2.44. The molecular formula is C30H35FN8O. The van der Waals surface area contributed by atoms with Gasteiger partial charge in [0.15, 0.2) is 11.6 Å². The van der Waals surface area contributed by atoms with Crippen LogP contribution in [0.15, 0.2) is 61.2 Å². The van der Waals surface area contributed by atoms with Crippen LogP contribution >= 0.6 is 0 Å². The molecule has 10 heteroatoms. The van der Waals surface area contributed by atoms with Crippen molar-refractivity contribution in [3.8, 4) is 22.8 Å². The second kappa shape index (κ2) is 10.4. The molecule has 4 heterocycles. The van der Waals surface area contributed by atoms with Gasteiger partial charge in [0.1, 0.15) is 17.9 Å². The summed E-state index contributed by atoms with van der Waals surface area (Å²) < 4.78 is 22.7. The zero-order valence-electron chi connectivity index (χ0n) is 22.9. The van der Waals surface area contributed by atoms with E-state index >= 15 is 0 Å². The Morgan fingerprint density at radius 1 is 1.00 bits per heavy atom. The van der Waals surface area contributed by atoms with Gasteiger partial charge in [-0.15, -0.1) is 0 Å². The van der Waals surface area contributed by atoms with E-state index in [4.69, 9.17) is 16.2 Å². The van der Waals surface area contributed by atoms with Crippen LogP contribution in [0.2, 0.25) is 0 Å². The molecular weight excluding hydrogens is 507 g/mol. The van der Waals surface area contributed by atoms with Crippen LogP contribution in [0.25, 0.3) is 11.3 Å². The number of aromatic nitrogens is 4. The summed E-state index contributed by atoms with van der Waals surface area (Å²) in [6.45, 7) is 8.75. The first-order chi connectivity index (χ1) is 19.3. The van der Waals surface area contributed by atoms with Crippen LogP contribution in [-0.4, -0.2) is 50.8 Å². The minimum atomic E-state index is -0.336. The molecule has 9 nitrogen and oxygen atoms in total. The van der Waals surface area contributed by atoms with Gasteiger partial charge in [-0.25, -0.2) is 14.4 Å². The van der Waals surface area contributed by atoms with Crippen LogP contribution in [0, 0.1) is 11.2 Å². The number of benzene rings is 2. The second-order valence-electron chi connectivity index (χ2n) is 11.3. The summed E-state index contributed by atoms with van der Waals surface area (Å²) >= 11 is 0. The maximum Gasteiger partial charge on any atom is 0.188 e. The van der Waals surface area contributed by atoms with Crippen molar-refractivity contribution in [2.75, 3.05) is 42.5 Å². The highest BCUT2D eigenvalue weighted by Crippen LogP contribution is 2.44. The van der Waals surface area contributed by atoms with Crippen molar-refractivity contribution in [2.24, 2.45) is 5.41 Å². The van der Waals surface area contributed by atoms with Gasteiger partial charge in [0.05, 0.1) is 23.3 Å². The summed E-state index contributed by atoms with van der Waals surface area (Å²) in [5, 5.41) is 4.42. The fraction of sp³-hybridized carbons (Fsp3) is 0.367. The molecule has 2 aromatic carbocycles. The van der Waals surface area contributed by atoms with Crippen molar-refractivity contribution in [3.05, 3.63) is 72.6 Å². The molecule has 1 spiro atoms. The molecule has 2 saturated heterocycles. The first-order valence-corrected chi connectivity index (χ1v) is 13.7. The maximum atomic E-state index is 14.4. The standard InChI is InChI=1S/C30H35FN8O/c1-20(2)39-26(7-10-36-39)23-14-22(31)4-6-27(23)40-28-15-34-19-35-29(28)38-12-9-30(18-38)8-11-37(17-30)16-21-3-5-24(32)25(33)13-21/h3-7,10,13-15,19-20H,8-9,11-12,16-18,32-33H2,1-2H3. The molecule has 4 aromatic rings. The quantitative estimate of drug-likeness (QED) is 0.310. The predicted molar refractivity (Wildman–Crippen MR) is 155 cm³/mol. The smallest absolute Gasteiger partial charge is 0.188 e. The van der Waals surface area contributed by atoms with Crippen molar-refractivity contribution in [1.82, 2.24) is 24.6 Å². The van der Waals surface area contributed by atoms with Gasteiger partial charge in [-0.3, -0.25) is 9.58 Å². The molecule has 0 bridgehead atoms. The second-order valence-corrected chi connectivity index (χ2v) is 11.3. The molecule has 40 heavy (non-hydrogen) atoms. The van der Waals surface area contributed by atoms with Crippen molar-refractivity contribution < 1.29 is 9.13 Å². The monoisotopic (exact) mass is 542 g/mol. The molecule has 2 fully saturated rings. The third-order valence-electron chi connectivity index (χ3n) is 8.07. The maximum absolute atomic E-state index is 14.4. The molecule has 2 aliphatic rings. The summed E-state index contributed by atoms with van der Waals surface area (Å²) in [6, 6.07) is 12.5. The van der Waals surface area contributed by atoms with Crippen LogP contribution in [0.3, 0.4) is 0 Å². The molecule has 0 saturated carbocycles. The Labute approximate surface area is 233 Å². The van der Waals surface area contributed by atoms with E-state index in [1.807, 2.05) is 36.7 Å². The van der Waals surface area contributed by atoms with E-state index in [1.165, 1.54) is 17.7 Å². The van der Waals surface area contributed by atoms with Gasteiger partial charge < -0.3 is 21.1 Å². The van der Waals surface area contributed by atoms with Crippen molar-refractivity contribution in [2.45, 2.75) is 39.3 Å². The highest BCUT2D eigenvalue weighted by atomic mass is 19.1. The van der Waals surface area contributed by atoms with Crippen molar-refractivity contribution in [1.29, 1.82) is 0 Å². The van der Waals surface area contributed by atoms with Crippen LogP contribution in [-0.2, 0) is 6.54 Å². The third kappa shape index (κ3) is 5.06. The Balaban J connectivity index is 1.21. The summed E-state index contributed by atoms with van der Waals surface area (Å²) in [5.41, 5.74) is 16.0. The predicted octanol–water partition coefficient (Wildman–Crippen LogP) is 5.12. The SMILES string of the molecule is CC(C)n1nccc1-c1cc(F)ccc1Oc1cncnc1N1CCC2(CCN(Cc3ccc(N)c(N)c3)C2)C1. The number of hydrogen-bond acceptors (Lipinski definition) is 8. The lowest BCUT2D eigenvalue weighted by molar-refractivity contribution is 0.270. The van der Waals surface area contributed by atoms with Gasteiger partial charge in [0, 0.05) is 49.4 Å². The lowest BCUT2D eigenvalue weighted by Gasteiger charge is -2.26. The van der Waals surface area contributed by atoms with Gasteiger partial charge in [0.25, 0.3) is 0 Å². The minimum absolute atomic E-state index is 0.112. The first kappa shape index (κ1) is 26.1. The minimum Gasteiger partial charge on any atom is -0.451 e. The summed E-state index contributed by atoms with van der Waals surface area (Å²) in [5.74, 6) is 1.50. The van der Waals surface area contributed by atoms with Gasteiger partial charge in [-0.2, -0.15) is 5.10 Å².